The van der Waals surface area contributed by atoms with Gasteiger partial charge in [0.15, 0.2) is 6.10 Å². The first-order valence-electron chi connectivity index (χ1n) is 5.55. The van der Waals surface area contributed by atoms with Crippen LogP contribution < -0.4 is 5.32 Å². The molecule has 1 amide bonds. The van der Waals surface area contributed by atoms with E-state index in [4.69, 9.17) is 14.2 Å². The Labute approximate surface area is 102 Å². The summed E-state index contributed by atoms with van der Waals surface area (Å²) < 4.78 is 16.3. The second-order valence-electron chi connectivity index (χ2n) is 3.94. The fourth-order valence-corrected chi connectivity index (χ4v) is 2.10. The Morgan fingerprint density at radius 1 is 1.33 bits per heavy atom. The van der Waals surface area contributed by atoms with Gasteiger partial charge in [0.25, 0.3) is 5.09 Å². The molecule has 18 heavy (non-hydrogen) atoms. The van der Waals surface area contributed by atoms with E-state index in [2.05, 4.69) is 10.2 Å². The van der Waals surface area contributed by atoms with Crippen LogP contribution in [-0.4, -0.2) is 62.3 Å². The highest BCUT2D eigenvalue weighted by molar-refractivity contribution is 5.45. The van der Waals surface area contributed by atoms with Crippen molar-refractivity contribution in [3.8, 4) is 0 Å². The van der Waals surface area contributed by atoms with Gasteiger partial charge in [-0.2, -0.15) is 0 Å². The summed E-state index contributed by atoms with van der Waals surface area (Å²) in [6, 6.07) is 0. The standard InChI is InChI=1S/C9H14N2O7/c12-5-10-1-2-15-6-3-16-9-7(18-11(13)14)4-17-8(6)9/h5-9H,1-4H2,(H,10,12)/t6-,7+,8+,9+/m0/s1. The summed E-state index contributed by atoms with van der Waals surface area (Å²) in [6.07, 6.45) is -1.23. The molecule has 0 radical (unpaired) electrons. The topological polar surface area (TPSA) is 109 Å². The molecule has 2 aliphatic heterocycles. The summed E-state index contributed by atoms with van der Waals surface area (Å²) in [5.41, 5.74) is 0. The van der Waals surface area contributed by atoms with E-state index in [9.17, 15) is 14.9 Å². The van der Waals surface area contributed by atoms with E-state index in [1.165, 1.54) is 0 Å². The fourth-order valence-electron chi connectivity index (χ4n) is 2.10. The summed E-state index contributed by atoms with van der Waals surface area (Å²) in [4.78, 5) is 24.8. The highest BCUT2D eigenvalue weighted by Gasteiger charge is 2.49. The number of rotatable bonds is 7. The molecule has 0 spiro atoms. The zero-order valence-corrected chi connectivity index (χ0v) is 9.52. The Morgan fingerprint density at radius 2 is 2.00 bits per heavy atom. The quantitative estimate of drug-likeness (QED) is 0.257. The van der Waals surface area contributed by atoms with Crippen molar-refractivity contribution >= 4 is 6.41 Å². The van der Waals surface area contributed by atoms with E-state index in [1.54, 1.807) is 0 Å². The molecule has 2 fully saturated rings. The van der Waals surface area contributed by atoms with Crippen LogP contribution in [0.25, 0.3) is 0 Å². The third-order valence-electron chi connectivity index (χ3n) is 2.85. The smallest absolute Gasteiger partial charge is 0.294 e. The van der Waals surface area contributed by atoms with Gasteiger partial charge in [-0.05, 0) is 0 Å². The van der Waals surface area contributed by atoms with Gasteiger partial charge in [0.05, 0.1) is 19.8 Å². The molecule has 102 valence electrons. The van der Waals surface area contributed by atoms with Gasteiger partial charge in [0.2, 0.25) is 6.41 Å². The lowest BCUT2D eigenvalue weighted by molar-refractivity contribution is -0.769. The average Bonchev–Trinajstić information content (AvgIpc) is 2.88. The van der Waals surface area contributed by atoms with Crippen LogP contribution in [0, 0.1) is 10.1 Å². The lowest BCUT2D eigenvalue weighted by Gasteiger charge is -2.16. The van der Waals surface area contributed by atoms with Gasteiger partial charge in [-0.3, -0.25) is 4.79 Å². The van der Waals surface area contributed by atoms with E-state index >= 15 is 0 Å². The zero-order valence-electron chi connectivity index (χ0n) is 9.52. The molecule has 2 rings (SSSR count). The molecule has 2 saturated heterocycles. The highest BCUT2D eigenvalue weighted by Crippen LogP contribution is 2.30. The Hall–Kier alpha value is -1.45. The third kappa shape index (κ3) is 2.86. The Bertz CT molecular complexity index is 313. The van der Waals surface area contributed by atoms with E-state index < -0.39 is 17.3 Å². The van der Waals surface area contributed by atoms with Gasteiger partial charge in [-0.1, -0.05) is 0 Å². The van der Waals surface area contributed by atoms with Crippen LogP contribution >= 0.6 is 0 Å². The van der Waals surface area contributed by atoms with Crippen molar-refractivity contribution in [2.45, 2.75) is 24.4 Å². The van der Waals surface area contributed by atoms with Crippen molar-refractivity contribution in [2.75, 3.05) is 26.4 Å². The van der Waals surface area contributed by atoms with Crippen molar-refractivity contribution in [3.63, 3.8) is 0 Å². The monoisotopic (exact) mass is 262 g/mol. The molecule has 0 saturated carbocycles. The first-order valence-corrected chi connectivity index (χ1v) is 5.55. The molecule has 9 nitrogen and oxygen atoms in total. The van der Waals surface area contributed by atoms with Gasteiger partial charge in [-0.15, -0.1) is 10.1 Å². The first kappa shape index (κ1) is 13.0. The van der Waals surface area contributed by atoms with Crippen molar-refractivity contribution < 1.29 is 28.9 Å². The summed E-state index contributed by atoms with van der Waals surface area (Å²) in [6.45, 7) is 1.14. The summed E-state index contributed by atoms with van der Waals surface area (Å²) in [5, 5.41) is 11.9. The molecule has 0 aliphatic carbocycles. The Morgan fingerprint density at radius 3 is 2.67 bits per heavy atom. The van der Waals surface area contributed by atoms with Crippen LogP contribution in [0.1, 0.15) is 0 Å². The van der Waals surface area contributed by atoms with Gasteiger partial charge in [0.1, 0.15) is 18.3 Å². The number of nitrogens with zero attached hydrogens (tertiary/aromatic N) is 1. The number of hydrogen-bond acceptors (Lipinski definition) is 7. The molecule has 0 aromatic rings. The predicted octanol–water partition coefficient (Wildman–Crippen LogP) is -1.51. The van der Waals surface area contributed by atoms with Gasteiger partial charge in [0, 0.05) is 6.54 Å². The molecular formula is C9H14N2O7. The van der Waals surface area contributed by atoms with Crippen LogP contribution in [-0.2, 0) is 23.8 Å². The van der Waals surface area contributed by atoms with E-state index in [1.807, 2.05) is 0 Å². The van der Waals surface area contributed by atoms with Crippen molar-refractivity contribution in [1.82, 2.24) is 5.32 Å². The molecule has 0 aromatic heterocycles. The lowest BCUT2D eigenvalue weighted by atomic mass is 10.1. The van der Waals surface area contributed by atoms with Crippen LogP contribution in [0.5, 0.6) is 0 Å². The van der Waals surface area contributed by atoms with Crippen LogP contribution in [0.2, 0.25) is 0 Å². The highest BCUT2D eigenvalue weighted by atomic mass is 17.0. The number of carbonyl (C=O) groups is 1. The second kappa shape index (κ2) is 5.94. The molecule has 1 N–H and O–H groups in total. The van der Waals surface area contributed by atoms with E-state index in [0.29, 0.717) is 26.2 Å². The minimum absolute atomic E-state index is 0.114. The maximum absolute atomic E-state index is 10.3. The predicted molar refractivity (Wildman–Crippen MR) is 55.2 cm³/mol. The number of amides is 1. The van der Waals surface area contributed by atoms with Crippen molar-refractivity contribution in [3.05, 3.63) is 10.1 Å². The van der Waals surface area contributed by atoms with Crippen LogP contribution in [0.15, 0.2) is 0 Å². The van der Waals surface area contributed by atoms with Crippen LogP contribution in [0.4, 0.5) is 0 Å². The third-order valence-corrected chi connectivity index (χ3v) is 2.85. The maximum atomic E-state index is 10.3. The maximum Gasteiger partial charge on any atom is 0.294 e. The molecule has 2 aliphatic rings. The van der Waals surface area contributed by atoms with Gasteiger partial charge in [-0.25, -0.2) is 0 Å². The molecule has 4 atom stereocenters. The zero-order chi connectivity index (χ0) is 13.0. The average molecular weight is 262 g/mol. The normalized spacial score (nSPS) is 34.0. The molecule has 0 unspecified atom stereocenters. The molecule has 0 bridgehead atoms. The van der Waals surface area contributed by atoms with Gasteiger partial charge < -0.3 is 24.4 Å². The van der Waals surface area contributed by atoms with Gasteiger partial charge >= 0.3 is 0 Å². The lowest BCUT2D eigenvalue weighted by Crippen LogP contribution is -2.35. The second-order valence-corrected chi connectivity index (χ2v) is 3.94. The largest absolute Gasteiger partial charge is 0.371 e. The Kier molecular flexibility index (Phi) is 4.28. The minimum atomic E-state index is -0.845. The summed E-state index contributed by atoms with van der Waals surface area (Å²) in [5.74, 6) is 0. The number of nitrogens with one attached hydrogen (secondary N) is 1. The van der Waals surface area contributed by atoms with E-state index in [-0.39, 0.29) is 18.8 Å². The number of hydrogen-bond donors (Lipinski definition) is 1. The molecule has 2 heterocycles. The number of ether oxygens (including phenoxy) is 3. The number of fused-ring (bicyclic) bond motifs is 1. The minimum Gasteiger partial charge on any atom is -0.371 e. The fraction of sp³-hybridized carbons (Fsp3) is 0.889. The van der Waals surface area contributed by atoms with Crippen molar-refractivity contribution in [2.24, 2.45) is 0 Å². The SMILES string of the molecule is O=CNCCO[C@H]1CO[C@H]2[C@@H]1OC[C@H]2O[N+](=O)[O-]. The Balaban J connectivity index is 1.77. The molecule has 0 aromatic carbocycles. The van der Waals surface area contributed by atoms with Crippen LogP contribution in [0.3, 0.4) is 0 Å². The van der Waals surface area contributed by atoms with E-state index in [0.717, 1.165) is 0 Å². The molecular weight excluding hydrogens is 248 g/mol. The molecule has 9 heteroatoms. The van der Waals surface area contributed by atoms with Crippen molar-refractivity contribution in [1.29, 1.82) is 0 Å². The summed E-state index contributed by atoms with van der Waals surface area (Å²) >= 11 is 0. The number of carbonyl (C=O) groups excluding carboxylic acids is 1. The first-order chi connectivity index (χ1) is 8.72. The summed E-state index contributed by atoms with van der Waals surface area (Å²) in [7, 11) is 0.